The van der Waals surface area contributed by atoms with Gasteiger partial charge in [-0.25, -0.2) is 4.39 Å². The number of carbonyl (C=O) groups excluding carboxylic acids is 2. The summed E-state index contributed by atoms with van der Waals surface area (Å²) in [5.74, 6) is -0.271. The van der Waals surface area contributed by atoms with E-state index in [0.29, 0.717) is 42.9 Å². The zero-order valence-electron chi connectivity index (χ0n) is 15.2. The number of amides is 2. The second-order valence-corrected chi connectivity index (χ2v) is 7.25. The third kappa shape index (κ3) is 3.59. The molecule has 6 nitrogen and oxygen atoms in total. The molecule has 2 saturated heterocycles. The van der Waals surface area contributed by atoms with E-state index in [0.717, 1.165) is 25.9 Å². The van der Waals surface area contributed by atoms with Crippen molar-refractivity contribution in [3.63, 3.8) is 0 Å². The van der Waals surface area contributed by atoms with Crippen LogP contribution in [-0.2, 0) is 4.79 Å². The molecule has 0 saturated carbocycles. The number of hydrogen-bond donors (Lipinski definition) is 1. The van der Waals surface area contributed by atoms with Crippen LogP contribution in [-0.4, -0.2) is 58.0 Å². The molecule has 0 radical (unpaired) electrons. The standard InChI is InChI=1S/C20H23FN4O2/c21-16-6-2-1-5-15(16)17-13-18(23-22-17)20(27)25-11-7-14(8-12-25)19(26)24-9-3-4-10-24/h1-2,5-6,13-14H,3-4,7-12H2,(H,22,23). The van der Waals surface area contributed by atoms with Gasteiger partial charge >= 0.3 is 0 Å². The number of aromatic nitrogens is 2. The van der Waals surface area contributed by atoms with Crippen molar-refractivity contribution in [3.8, 4) is 11.3 Å². The fourth-order valence-electron chi connectivity index (χ4n) is 3.93. The first-order chi connectivity index (χ1) is 13.1. The summed E-state index contributed by atoms with van der Waals surface area (Å²) in [5.41, 5.74) is 1.12. The Morgan fingerprint density at radius 3 is 2.44 bits per heavy atom. The van der Waals surface area contributed by atoms with E-state index in [2.05, 4.69) is 10.2 Å². The topological polar surface area (TPSA) is 69.3 Å². The number of rotatable bonds is 3. The van der Waals surface area contributed by atoms with E-state index in [9.17, 15) is 14.0 Å². The van der Waals surface area contributed by atoms with Crippen molar-refractivity contribution >= 4 is 11.8 Å². The van der Waals surface area contributed by atoms with E-state index in [1.54, 1.807) is 29.2 Å². The molecule has 0 aliphatic carbocycles. The average molecular weight is 370 g/mol. The maximum Gasteiger partial charge on any atom is 0.271 e. The van der Waals surface area contributed by atoms with Crippen LogP contribution >= 0.6 is 0 Å². The molecule has 1 aromatic carbocycles. The summed E-state index contributed by atoms with van der Waals surface area (Å²) in [6.45, 7) is 2.84. The van der Waals surface area contributed by atoms with Crippen molar-refractivity contribution in [1.29, 1.82) is 0 Å². The fourth-order valence-corrected chi connectivity index (χ4v) is 3.93. The van der Waals surface area contributed by atoms with Gasteiger partial charge in [-0.2, -0.15) is 5.10 Å². The van der Waals surface area contributed by atoms with E-state index >= 15 is 0 Å². The number of aromatic amines is 1. The average Bonchev–Trinajstić information content (AvgIpc) is 3.39. The van der Waals surface area contributed by atoms with Crippen LogP contribution in [0.2, 0.25) is 0 Å². The Kier molecular flexibility index (Phi) is 4.92. The van der Waals surface area contributed by atoms with Crippen molar-refractivity contribution < 1.29 is 14.0 Å². The summed E-state index contributed by atoms with van der Waals surface area (Å²) in [6.07, 6.45) is 3.56. The van der Waals surface area contributed by atoms with Crippen LogP contribution in [0.25, 0.3) is 11.3 Å². The van der Waals surface area contributed by atoms with Crippen molar-refractivity contribution in [2.24, 2.45) is 5.92 Å². The number of H-pyrrole nitrogens is 1. The number of halogens is 1. The molecular weight excluding hydrogens is 347 g/mol. The minimum absolute atomic E-state index is 0.0166. The number of benzene rings is 1. The molecule has 2 aliphatic heterocycles. The third-order valence-electron chi connectivity index (χ3n) is 5.51. The molecule has 3 heterocycles. The molecule has 1 aromatic heterocycles. The number of piperidine rings is 1. The van der Waals surface area contributed by atoms with Gasteiger partial charge < -0.3 is 9.80 Å². The number of nitrogens with zero attached hydrogens (tertiary/aromatic N) is 3. The molecule has 7 heteroatoms. The zero-order valence-corrected chi connectivity index (χ0v) is 15.2. The lowest BCUT2D eigenvalue weighted by molar-refractivity contribution is -0.135. The maximum atomic E-state index is 13.9. The molecule has 0 unspecified atom stereocenters. The van der Waals surface area contributed by atoms with Gasteiger partial charge in [0.2, 0.25) is 5.91 Å². The summed E-state index contributed by atoms with van der Waals surface area (Å²) in [5, 5.41) is 6.81. The fraction of sp³-hybridized carbons (Fsp3) is 0.450. The van der Waals surface area contributed by atoms with Crippen molar-refractivity contribution in [2.75, 3.05) is 26.2 Å². The number of nitrogens with one attached hydrogen (secondary N) is 1. The molecule has 2 aromatic rings. The third-order valence-corrected chi connectivity index (χ3v) is 5.51. The summed E-state index contributed by atoms with van der Waals surface area (Å²) >= 11 is 0. The van der Waals surface area contributed by atoms with E-state index in [-0.39, 0.29) is 23.5 Å². The SMILES string of the molecule is O=C(c1cc(-c2ccccc2F)n[nH]1)N1CCC(C(=O)N2CCCC2)CC1. The summed E-state index contributed by atoms with van der Waals surface area (Å²) in [6, 6.07) is 7.94. The predicted octanol–water partition coefficient (Wildman–Crippen LogP) is 2.69. The Hall–Kier alpha value is -2.70. The molecule has 142 valence electrons. The smallest absolute Gasteiger partial charge is 0.271 e. The highest BCUT2D eigenvalue weighted by Gasteiger charge is 2.32. The van der Waals surface area contributed by atoms with Crippen LogP contribution in [0, 0.1) is 11.7 Å². The first-order valence-electron chi connectivity index (χ1n) is 9.52. The van der Waals surface area contributed by atoms with Crippen molar-refractivity contribution in [3.05, 3.63) is 41.8 Å². The molecule has 2 amide bonds. The lowest BCUT2D eigenvalue weighted by Gasteiger charge is -2.32. The van der Waals surface area contributed by atoms with Gasteiger partial charge in [-0.3, -0.25) is 14.7 Å². The van der Waals surface area contributed by atoms with Crippen molar-refractivity contribution in [1.82, 2.24) is 20.0 Å². The van der Waals surface area contributed by atoms with E-state index in [4.69, 9.17) is 0 Å². The van der Waals surface area contributed by atoms with E-state index < -0.39 is 0 Å². The van der Waals surface area contributed by atoms with Gasteiger partial charge in [-0.15, -0.1) is 0 Å². The van der Waals surface area contributed by atoms with Gasteiger partial charge in [0.1, 0.15) is 11.5 Å². The Morgan fingerprint density at radius 2 is 1.74 bits per heavy atom. The highest BCUT2D eigenvalue weighted by Crippen LogP contribution is 2.25. The second-order valence-electron chi connectivity index (χ2n) is 7.25. The van der Waals surface area contributed by atoms with Gasteiger partial charge in [-0.1, -0.05) is 12.1 Å². The van der Waals surface area contributed by atoms with Gasteiger partial charge in [0.05, 0.1) is 5.69 Å². The second kappa shape index (κ2) is 7.50. The minimum atomic E-state index is -0.371. The summed E-state index contributed by atoms with van der Waals surface area (Å²) in [7, 11) is 0. The molecule has 0 atom stereocenters. The highest BCUT2D eigenvalue weighted by atomic mass is 19.1. The monoisotopic (exact) mass is 370 g/mol. The van der Waals surface area contributed by atoms with Crippen LogP contribution in [0.3, 0.4) is 0 Å². The van der Waals surface area contributed by atoms with Gasteiger partial charge in [-0.05, 0) is 43.9 Å². The molecular formula is C20H23FN4O2. The molecule has 27 heavy (non-hydrogen) atoms. The van der Waals surface area contributed by atoms with Crippen molar-refractivity contribution in [2.45, 2.75) is 25.7 Å². The molecule has 0 bridgehead atoms. The van der Waals surface area contributed by atoms with Crippen LogP contribution in [0.4, 0.5) is 4.39 Å². The maximum absolute atomic E-state index is 13.9. The first kappa shape index (κ1) is 17.7. The molecule has 1 N–H and O–H groups in total. The minimum Gasteiger partial charge on any atom is -0.342 e. The number of hydrogen-bond acceptors (Lipinski definition) is 3. The Bertz CT molecular complexity index is 836. The zero-order chi connectivity index (χ0) is 18.8. The Morgan fingerprint density at radius 1 is 1.04 bits per heavy atom. The lowest BCUT2D eigenvalue weighted by atomic mass is 9.95. The lowest BCUT2D eigenvalue weighted by Crippen LogP contribution is -2.43. The van der Waals surface area contributed by atoms with Crippen LogP contribution in [0.5, 0.6) is 0 Å². The number of likely N-dealkylation sites (tertiary alicyclic amines) is 2. The summed E-state index contributed by atoms with van der Waals surface area (Å²) in [4.78, 5) is 28.9. The van der Waals surface area contributed by atoms with E-state index in [1.807, 2.05) is 4.90 Å². The van der Waals surface area contributed by atoms with Crippen LogP contribution in [0.1, 0.15) is 36.2 Å². The molecule has 2 fully saturated rings. The van der Waals surface area contributed by atoms with Gasteiger partial charge in [0.15, 0.2) is 0 Å². The van der Waals surface area contributed by atoms with Crippen LogP contribution < -0.4 is 0 Å². The quantitative estimate of drug-likeness (QED) is 0.903. The Balaban J connectivity index is 1.38. The largest absolute Gasteiger partial charge is 0.342 e. The Labute approximate surface area is 157 Å². The normalized spacial score (nSPS) is 18.1. The van der Waals surface area contributed by atoms with Gasteiger partial charge in [0, 0.05) is 37.7 Å². The van der Waals surface area contributed by atoms with E-state index in [1.165, 1.54) is 6.07 Å². The predicted molar refractivity (Wildman–Crippen MR) is 98.4 cm³/mol. The molecule has 2 aliphatic rings. The van der Waals surface area contributed by atoms with Gasteiger partial charge in [0.25, 0.3) is 5.91 Å². The van der Waals surface area contributed by atoms with Crippen LogP contribution in [0.15, 0.2) is 30.3 Å². The summed E-state index contributed by atoms with van der Waals surface area (Å²) < 4.78 is 13.9. The molecule has 0 spiro atoms. The highest BCUT2D eigenvalue weighted by molar-refractivity contribution is 5.93. The molecule has 4 rings (SSSR count). The first-order valence-corrected chi connectivity index (χ1v) is 9.52. The number of carbonyl (C=O) groups is 2.